The topological polar surface area (TPSA) is 29.1 Å². The smallest absolute Gasteiger partial charge is 0.322 e. The van der Waals surface area contributed by atoms with Gasteiger partial charge in [0, 0.05) is 11.3 Å². The maximum absolute atomic E-state index is 12.6. The minimum atomic E-state index is -4.43. The Morgan fingerprint density at radius 3 is 2.17 bits per heavy atom. The van der Waals surface area contributed by atoms with Crippen molar-refractivity contribution in [3.05, 3.63) is 64.7 Å². The van der Waals surface area contributed by atoms with Crippen molar-refractivity contribution in [2.45, 2.75) is 33.9 Å². The Morgan fingerprint density at radius 2 is 1.61 bits per heavy atom. The van der Waals surface area contributed by atoms with Crippen LogP contribution in [-0.4, -0.2) is 5.91 Å². The van der Waals surface area contributed by atoms with E-state index in [0.29, 0.717) is 5.56 Å². The first-order chi connectivity index (χ1) is 10.8. The predicted molar refractivity (Wildman–Crippen MR) is 86.7 cm³/mol. The molecule has 0 aliphatic rings. The lowest BCUT2D eigenvalue weighted by atomic mass is 10.1. The average Bonchev–Trinajstić information content (AvgIpc) is 2.51. The summed E-state index contributed by atoms with van der Waals surface area (Å²) in [5.74, 6) is -0.433. The summed E-state index contributed by atoms with van der Waals surface area (Å²) in [5.41, 5.74) is 1.74. The van der Waals surface area contributed by atoms with Gasteiger partial charge < -0.3 is 5.32 Å². The molecule has 0 aromatic heterocycles. The second-order valence-electron chi connectivity index (χ2n) is 4.83. The van der Waals surface area contributed by atoms with Crippen LogP contribution in [0, 0.1) is 13.8 Å². The molecule has 1 N–H and O–H groups in total. The van der Waals surface area contributed by atoms with Gasteiger partial charge in [0.1, 0.15) is 0 Å². The zero-order chi connectivity index (χ0) is 17.6. The lowest BCUT2D eigenvalue weighted by Gasteiger charge is -2.10. The van der Waals surface area contributed by atoms with Crippen LogP contribution in [0.4, 0.5) is 18.9 Å². The Balaban J connectivity index is 0.00000127. The van der Waals surface area contributed by atoms with E-state index in [1.165, 1.54) is 12.1 Å². The number of carbonyl (C=O) groups excluding carboxylic acids is 1. The molecule has 5 heteroatoms. The van der Waals surface area contributed by atoms with Crippen molar-refractivity contribution in [3.63, 3.8) is 0 Å². The van der Waals surface area contributed by atoms with Gasteiger partial charge in [-0.05, 0) is 55.3 Å². The number of hydrogen-bond donors (Lipinski definition) is 1. The van der Waals surface area contributed by atoms with Crippen molar-refractivity contribution in [2.75, 3.05) is 5.32 Å². The van der Waals surface area contributed by atoms with E-state index in [9.17, 15) is 18.0 Å². The highest BCUT2D eigenvalue weighted by molar-refractivity contribution is 6.04. The number of alkyl halides is 3. The molecule has 0 heterocycles. The van der Waals surface area contributed by atoms with Crippen LogP contribution in [0.2, 0.25) is 0 Å². The third kappa shape index (κ3) is 5.13. The fraction of sp³-hybridized carbons (Fsp3) is 0.278. The van der Waals surface area contributed by atoms with Crippen LogP contribution >= 0.6 is 0 Å². The minimum Gasteiger partial charge on any atom is -0.322 e. The molecule has 0 aliphatic carbocycles. The van der Waals surface area contributed by atoms with Gasteiger partial charge in [-0.1, -0.05) is 26.0 Å². The molecule has 0 atom stereocenters. The Kier molecular flexibility index (Phi) is 6.37. The number of anilines is 1. The molecule has 0 aliphatic heterocycles. The Bertz CT molecular complexity index is 678. The first kappa shape index (κ1) is 18.7. The van der Waals surface area contributed by atoms with E-state index in [1.807, 2.05) is 27.7 Å². The number of hydrogen-bond acceptors (Lipinski definition) is 1. The Hall–Kier alpha value is -2.30. The van der Waals surface area contributed by atoms with Crippen molar-refractivity contribution >= 4 is 11.6 Å². The van der Waals surface area contributed by atoms with Crippen LogP contribution < -0.4 is 5.32 Å². The number of nitrogens with one attached hydrogen (secondary N) is 1. The quantitative estimate of drug-likeness (QED) is 0.765. The summed E-state index contributed by atoms with van der Waals surface area (Å²) in [5, 5.41) is 2.48. The van der Waals surface area contributed by atoms with Crippen LogP contribution in [0.1, 0.15) is 40.9 Å². The van der Waals surface area contributed by atoms with Gasteiger partial charge in [0.05, 0.1) is 5.56 Å². The first-order valence-electron chi connectivity index (χ1n) is 7.33. The summed E-state index contributed by atoms with van der Waals surface area (Å²) >= 11 is 0. The molecule has 2 aromatic rings. The van der Waals surface area contributed by atoms with Gasteiger partial charge >= 0.3 is 6.18 Å². The highest BCUT2D eigenvalue weighted by atomic mass is 19.4. The fourth-order valence-corrected chi connectivity index (χ4v) is 1.86. The molecule has 0 radical (unpaired) electrons. The third-order valence-electron chi connectivity index (χ3n) is 3.22. The maximum atomic E-state index is 12.6. The second kappa shape index (κ2) is 7.81. The number of halogens is 3. The van der Waals surface area contributed by atoms with Crippen molar-refractivity contribution in [3.8, 4) is 0 Å². The summed E-state index contributed by atoms with van der Waals surface area (Å²) in [4.78, 5) is 12.0. The highest BCUT2D eigenvalue weighted by Gasteiger charge is 2.30. The molecule has 0 fully saturated rings. The van der Waals surface area contributed by atoms with Gasteiger partial charge in [-0.3, -0.25) is 4.79 Å². The molecule has 0 saturated heterocycles. The van der Waals surface area contributed by atoms with Crippen molar-refractivity contribution in [2.24, 2.45) is 0 Å². The van der Waals surface area contributed by atoms with Gasteiger partial charge in [-0.2, -0.15) is 13.2 Å². The Labute approximate surface area is 134 Å². The largest absolute Gasteiger partial charge is 0.416 e. The van der Waals surface area contributed by atoms with Crippen molar-refractivity contribution in [1.82, 2.24) is 0 Å². The molecule has 23 heavy (non-hydrogen) atoms. The number of aryl methyl sites for hydroxylation is 2. The number of benzene rings is 2. The van der Waals surface area contributed by atoms with E-state index in [-0.39, 0.29) is 5.69 Å². The van der Waals surface area contributed by atoms with E-state index in [2.05, 4.69) is 5.32 Å². The van der Waals surface area contributed by atoms with Gasteiger partial charge in [0.15, 0.2) is 0 Å². The molecule has 1 amide bonds. The molecule has 0 bridgehead atoms. The summed E-state index contributed by atoms with van der Waals surface area (Å²) in [6.07, 6.45) is -4.43. The fourth-order valence-electron chi connectivity index (χ4n) is 1.86. The van der Waals surface area contributed by atoms with E-state index in [0.717, 1.165) is 23.3 Å². The van der Waals surface area contributed by atoms with Crippen LogP contribution in [0.3, 0.4) is 0 Å². The summed E-state index contributed by atoms with van der Waals surface area (Å²) < 4.78 is 37.8. The van der Waals surface area contributed by atoms with Gasteiger partial charge in [-0.15, -0.1) is 0 Å². The SMILES string of the molecule is CC.Cc1ccc(C(=O)Nc2cccc(C(F)(F)F)c2)cc1C. The van der Waals surface area contributed by atoms with Crippen molar-refractivity contribution in [1.29, 1.82) is 0 Å². The van der Waals surface area contributed by atoms with E-state index in [1.54, 1.807) is 18.2 Å². The number of carbonyl (C=O) groups is 1. The van der Waals surface area contributed by atoms with Gasteiger partial charge in [0.25, 0.3) is 5.91 Å². The maximum Gasteiger partial charge on any atom is 0.416 e. The first-order valence-corrected chi connectivity index (χ1v) is 7.33. The molecule has 2 aromatic carbocycles. The molecule has 0 saturated carbocycles. The van der Waals surface area contributed by atoms with Crippen LogP contribution in [0.5, 0.6) is 0 Å². The third-order valence-corrected chi connectivity index (χ3v) is 3.22. The highest BCUT2D eigenvalue weighted by Crippen LogP contribution is 2.30. The summed E-state index contributed by atoms with van der Waals surface area (Å²) in [6.45, 7) is 7.79. The lowest BCUT2D eigenvalue weighted by molar-refractivity contribution is -0.137. The standard InChI is InChI=1S/C16H14F3NO.C2H6/c1-10-6-7-12(8-11(10)2)15(21)20-14-5-3-4-13(9-14)16(17,18)19;1-2/h3-9H,1-2H3,(H,20,21);1-2H3. The monoisotopic (exact) mass is 323 g/mol. The van der Waals surface area contributed by atoms with Gasteiger partial charge in [-0.25, -0.2) is 0 Å². The zero-order valence-corrected chi connectivity index (χ0v) is 13.6. The molecule has 2 rings (SSSR count). The normalized spacial score (nSPS) is 10.6. The van der Waals surface area contributed by atoms with Crippen LogP contribution in [0.15, 0.2) is 42.5 Å². The van der Waals surface area contributed by atoms with Crippen molar-refractivity contribution < 1.29 is 18.0 Å². The lowest BCUT2D eigenvalue weighted by Crippen LogP contribution is -2.13. The van der Waals surface area contributed by atoms with Crippen LogP contribution in [-0.2, 0) is 6.18 Å². The molecular formula is C18H20F3NO. The minimum absolute atomic E-state index is 0.119. The molecule has 0 unspecified atom stereocenters. The second-order valence-corrected chi connectivity index (χ2v) is 4.83. The summed E-state index contributed by atoms with van der Waals surface area (Å²) in [6, 6.07) is 9.72. The van der Waals surface area contributed by atoms with E-state index >= 15 is 0 Å². The number of amides is 1. The molecular weight excluding hydrogens is 303 g/mol. The average molecular weight is 323 g/mol. The van der Waals surface area contributed by atoms with E-state index in [4.69, 9.17) is 0 Å². The molecule has 0 spiro atoms. The molecule has 2 nitrogen and oxygen atoms in total. The molecule has 124 valence electrons. The van der Waals surface area contributed by atoms with Gasteiger partial charge in [0.2, 0.25) is 0 Å². The Morgan fingerprint density at radius 1 is 0.957 bits per heavy atom. The summed E-state index contributed by atoms with van der Waals surface area (Å²) in [7, 11) is 0. The zero-order valence-electron chi connectivity index (χ0n) is 13.6. The predicted octanol–water partition coefficient (Wildman–Crippen LogP) is 5.60. The van der Waals surface area contributed by atoms with Crippen LogP contribution in [0.25, 0.3) is 0 Å². The number of rotatable bonds is 2. The van der Waals surface area contributed by atoms with E-state index < -0.39 is 17.6 Å².